The van der Waals surface area contributed by atoms with E-state index in [4.69, 9.17) is 16.3 Å². The Morgan fingerprint density at radius 3 is 2.82 bits per heavy atom. The van der Waals surface area contributed by atoms with E-state index in [1.165, 1.54) is 0 Å². The highest BCUT2D eigenvalue weighted by atomic mass is 35.5. The summed E-state index contributed by atoms with van der Waals surface area (Å²) in [5, 5.41) is 3.74. The molecule has 0 saturated carbocycles. The molecule has 92 valence electrons. The zero-order chi connectivity index (χ0) is 12.7. The van der Waals surface area contributed by atoms with Gasteiger partial charge in [0.05, 0.1) is 6.61 Å². The van der Waals surface area contributed by atoms with Gasteiger partial charge in [-0.1, -0.05) is 29.8 Å². The summed E-state index contributed by atoms with van der Waals surface area (Å²) in [6, 6.07) is 7.57. The van der Waals surface area contributed by atoms with Gasteiger partial charge in [0.2, 0.25) is 0 Å². The SMILES string of the molecule is CCOC(=O)C(C)=CNCc1ccccc1Cl. The second kappa shape index (κ2) is 6.97. The minimum atomic E-state index is -0.306. The van der Waals surface area contributed by atoms with Crippen LogP contribution >= 0.6 is 11.6 Å². The first-order valence-corrected chi connectivity index (χ1v) is 5.83. The van der Waals surface area contributed by atoms with E-state index < -0.39 is 0 Å². The van der Waals surface area contributed by atoms with E-state index in [-0.39, 0.29) is 5.97 Å². The molecule has 17 heavy (non-hydrogen) atoms. The van der Waals surface area contributed by atoms with E-state index in [1.807, 2.05) is 24.3 Å². The van der Waals surface area contributed by atoms with Gasteiger partial charge in [0.1, 0.15) is 0 Å². The number of carbonyl (C=O) groups excluding carboxylic acids is 1. The summed E-state index contributed by atoms with van der Waals surface area (Å²) < 4.78 is 4.86. The van der Waals surface area contributed by atoms with Gasteiger partial charge in [0, 0.05) is 23.3 Å². The van der Waals surface area contributed by atoms with E-state index in [1.54, 1.807) is 20.0 Å². The fraction of sp³-hybridized carbons (Fsp3) is 0.308. The summed E-state index contributed by atoms with van der Waals surface area (Å²) in [4.78, 5) is 11.3. The lowest BCUT2D eigenvalue weighted by molar-refractivity contribution is -0.138. The summed E-state index contributed by atoms with van der Waals surface area (Å²) in [6.45, 7) is 4.45. The molecule has 3 nitrogen and oxygen atoms in total. The Morgan fingerprint density at radius 2 is 2.18 bits per heavy atom. The molecule has 1 N–H and O–H groups in total. The molecule has 1 aromatic carbocycles. The van der Waals surface area contributed by atoms with Gasteiger partial charge < -0.3 is 10.1 Å². The van der Waals surface area contributed by atoms with E-state index in [9.17, 15) is 4.79 Å². The van der Waals surface area contributed by atoms with Crippen LogP contribution in [0.15, 0.2) is 36.0 Å². The van der Waals surface area contributed by atoms with E-state index in [0.717, 1.165) is 5.56 Å². The molecule has 0 aliphatic heterocycles. The lowest BCUT2D eigenvalue weighted by Crippen LogP contribution is -2.11. The predicted octanol–water partition coefficient (Wildman–Crippen LogP) is 2.90. The third kappa shape index (κ3) is 4.49. The van der Waals surface area contributed by atoms with Gasteiger partial charge in [-0.05, 0) is 25.5 Å². The van der Waals surface area contributed by atoms with Gasteiger partial charge >= 0.3 is 5.97 Å². The number of nitrogens with one attached hydrogen (secondary N) is 1. The zero-order valence-electron chi connectivity index (χ0n) is 10.00. The average molecular weight is 254 g/mol. The van der Waals surface area contributed by atoms with Crippen LogP contribution in [0.3, 0.4) is 0 Å². The van der Waals surface area contributed by atoms with Crippen molar-refractivity contribution in [3.05, 3.63) is 46.6 Å². The molecule has 0 aliphatic rings. The molecule has 1 aromatic rings. The van der Waals surface area contributed by atoms with Crippen LogP contribution in [0.25, 0.3) is 0 Å². The third-order valence-corrected chi connectivity index (χ3v) is 2.54. The van der Waals surface area contributed by atoms with Crippen LogP contribution in [0.2, 0.25) is 5.02 Å². The molecule has 4 heteroatoms. The number of ether oxygens (including phenoxy) is 1. The summed E-state index contributed by atoms with van der Waals surface area (Å²) in [7, 11) is 0. The molecule has 0 atom stereocenters. The largest absolute Gasteiger partial charge is 0.463 e. The Hall–Kier alpha value is -1.48. The van der Waals surface area contributed by atoms with Gasteiger partial charge in [0.25, 0.3) is 0 Å². The van der Waals surface area contributed by atoms with Gasteiger partial charge in [-0.25, -0.2) is 4.79 Å². The molecule has 0 spiro atoms. The second-order valence-corrected chi connectivity index (χ2v) is 3.93. The second-order valence-electron chi connectivity index (χ2n) is 3.52. The first-order chi connectivity index (χ1) is 8.15. The molecule has 0 radical (unpaired) electrons. The Kier molecular flexibility index (Phi) is 5.57. The summed E-state index contributed by atoms with van der Waals surface area (Å²) in [5.74, 6) is -0.306. The third-order valence-electron chi connectivity index (χ3n) is 2.17. The van der Waals surface area contributed by atoms with Crippen LogP contribution in [0.4, 0.5) is 0 Å². The van der Waals surface area contributed by atoms with Gasteiger partial charge in [-0.2, -0.15) is 0 Å². The molecule has 0 bridgehead atoms. The number of carbonyl (C=O) groups is 1. The van der Waals surface area contributed by atoms with E-state index >= 15 is 0 Å². The minimum Gasteiger partial charge on any atom is -0.463 e. The Bertz CT molecular complexity index is 416. The van der Waals surface area contributed by atoms with Crippen molar-refractivity contribution < 1.29 is 9.53 Å². The van der Waals surface area contributed by atoms with Crippen molar-refractivity contribution in [3.63, 3.8) is 0 Å². The lowest BCUT2D eigenvalue weighted by atomic mass is 10.2. The van der Waals surface area contributed by atoms with E-state index in [2.05, 4.69) is 5.32 Å². The fourth-order valence-electron chi connectivity index (χ4n) is 1.26. The topological polar surface area (TPSA) is 38.3 Å². The molecule has 1 rings (SSSR count). The average Bonchev–Trinajstić information content (AvgIpc) is 2.31. The molecule has 0 unspecified atom stereocenters. The minimum absolute atomic E-state index is 0.306. The molecule has 0 aliphatic carbocycles. The number of benzene rings is 1. The summed E-state index contributed by atoms with van der Waals surface area (Å²) in [6.07, 6.45) is 1.64. The smallest absolute Gasteiger partial charge is 0.335 e. The quantitative estimate of drug-likeness (QED) is 0.648. The molecule has 0 saturated heterocycles. The van der Waals surface area contributed by atoms with Crippen LogP contribution in [0, 0.1) is 0 Å². The molecule has 0 amide bonds. The Morgan fingerprint density at radius 1 is 1.47 bits per heavy atom. The van der Waals surface area contributed by atoms with Crippen molar-refractivity contribution in [2.75, 3.05) is 6.61 Å². The van der Waals surface area contributed by atoms with Crippen LogP contribution in [0.5, 0.6) is 0 Å². The number of hydrogen-bond donors (Lipinski definition) is 1. The fourth-order valence-corrected chi connectivity index (χ4v) is 1.46. The van der Waals surface area contributed by atoms with Crippen molar-refractivity contribution >= 4 is 17.6 Å². The van der Waals surface area contributed by atoms with Crippen LogP contribution in [-0.4, -0.2) is 12.6 Å². The van der Waals surface area contributed by atoms with E-state index in [0.29, 0.717) is 23.7 Å². The first kappa shape index (κ1) is 13.6. The highest BCUT2D eigenvalue weighted by Gasteiger charge is 2.03. The summed E-state index contributed by atoms with van der Waals surface area (Å²) >= 11 is 6.00. The predicted molar refractivity (Wildman–Crippen MR) is 68.7 cm³/mol. The zero-order valence-corrected chi connectivity index (χ0v) is 10.8. The molecule has 0 aromatic heterocycles. The van der Waals surface area contributed by atoms with Gasteiger partial charge in [-0.3, -0.25) is 0 Å². The Balaban J connectivity index is 2.49. The molecule has 0 fully saturated rings. The maximum absolute atomic E-state index is 11.3. The normalized spacial score (nSPS) is 11.1. The standard InChI is InChI=1S/C13H16ClNO2/c1-3-17-13(16)10(2)8-15-9-11-6-4-5-7-12(11)14/h4-8,15H,3,9H2,1-2H3. The molecule has 0 heterocycles. The maximum atomic E-state index is 11.3. The van der Waals surface area contributed by atoms with Crippen molar-refractivity contribution in [2.24, 2.45) is 0 Å². The monoisotopic (exact) mass is 253 g/mol. The van der Waals surface area contributed by atoms with Crippen LogP contribution in [0.1, 0.15) is 19.4 Å². The Labute approximate surface area is 106 Å². The number of rotatable bonds is 5. The number of halogens is 1. The van der Waals surface area contributed by atoms with Crippen LogP contribution < -0.4 is 5.32 Å². The number of hydrogen-bond acceptors (Lipinski definition) is 3. The van der Waals surface area contributed by atoms with Crippen molar-refractivity contribution in [3.8, 4) is 0 Å². The van der Waals surface area contributed by atoms with Gasteiger partial charge in [0.15, 0.2) is 0 Å². The van der Waals surface area contributed by atoms with Crippen molar-refractivity contribution in [1.82, 2.24) is 5.32 Å². The van der Waals surface area contributed by atoms with Crippen molar-refractivity contribution in [2.45, 2.75) is 20.4 Å². The van der Waals surface area contributed by atoms with Crippen LogP contribution in [-0.2, 0) is 16.1 Å². The van der Waals surface area contributed by atoms with Crippen molar-refractivity contribution in [1.29, 1.82) is 0 Å². The first-order valence-electron chi connectivity index (χ1n) is 5.45. The highest BCUT2D eigenvalue weighted by molar-refractivity contribution is 6.31. The molecular weight excluding hydrogens is 238 g/mol. The van der Waals surface area contributed by atoms with Gasteiger partial charge in [-0.15, -0.1) is 0 Å². The highest BCUT2D eigenvalue weighted by Crippen LogP contribution is 2.14. The molecular formula is C13H16ClNO2. The summed E-state index contributed by atoms with van der Waals surface area (Å²) in [5.41, 5.74) is 1.53. The number of esters is 1. The lowest BCUT2D eigenvalue weighted by Gasteiger charge is -2.05. The maximum Gasteiger partial charge on any atom is 0.335 e.